The fourth-order valence-electron chi connectivity index (χ4n) is 2.42. The molecule has 0 amide bonds. The molecule has 0 unspecified atom stereocenters. The predicted molar refractivity (Wildman–Crippen MR) is 113 cm³/mol. The van der Waals surface area contributed by atoms with E-state index in [0.717, 1.165) is 6.42 Å². The Balaban J connectivity index is 2.59. The van der Waals surface area contributed by atoms with Crippen LogP contribution in [0, 0.1) is 5.92 Å². The summed E-state index contributed by atoms with van der Waals surface area (Å²) in [6, 6.07) is 3.44. The molecule has 32 heavy (non-hydrogen) atoms. The molecule has 0 aliphatic carbocycles. The standard InChI is InChI=1S/C22H31NO9/c1-13(2)8-9-28-22(27)29-12-14(3)30-21(26)18(23)10-17-6-7-19(31-15(4)24)20(11-17)32-16(5)25/h6-7,11,13-14,18H,8-10,12,23H2,1-5H3/t14-,18-/m0/s1. The number of rotatable bonds is 11. The second-order valence-electron chi connectivity index (χ2n) is 7.62. The number of carbonyl (C=O) groups excluding carboxylic acids is 4. The fraction of sp³-hybridized carbons (Fsp3) is 0.545. The molecule has 2 N–H and O–H groups in total. The maximum Gasteiger partial charge on any atom is 0.508 e. The summed E-state index contributed by atoms with van der Waals surface area (Å²) in [6.07, 6.45) is -0.772. The molecule has 0 saturated carbocycles. The maximum absolute atomic E-state index is 12.3. The van der Waals surface area contributed by atoms with Crippen LogP contribution in [0.5, 0.6) is 11.5 Å². The molecule has 0 aliphatic rings. The van der Waals surface area contributed by atoms with Gasteiger partial charge in [0.15, 0.2) is 11.5 Å². The van der Waals surface area contributed by atoms with Gasteiger partial charge in [0.2, 0.25) is 0 Å². The third-order valence-electron chi connectivity index (χ3n) is 3.94. The summed E-state index contributed by atoms with van der Waals surface area (Å²) >= 11 is 0. The van der Waals surface area contributed by atoms with E-state index in [1.807, 2.05) is 13.8 Å². The Labute approximate surface area is 187 Å². The van der Waals surface area contributed by atoms with Crippen molar-refractivity contribution in [2.45, 2.75) is 59.6 Å². The van der Waals surface area contributed by atoms with Crippen LogP contribution in [-0.2, 0) is 35.0 Å². The number of hydrogen-bond acceptors (Lipinski definition) is 10. The van der Waals surface area contributed by atoms with E-state index in [4.69, 9.17) is 29.4 Å². The van der Waals surface area contributed by atoms with E-state index in [0.29, 0.717) is 11.5 Å². The maximum atomic E-state index is 12.3. The smallest absolute Gasteiger partial charge is 0.458 e. The Morgan fingerprint density at radius 1 is 0.938 bits per heavy atom. The highest BCUT2D eigenvalue weighted by molar-refractivity contribution is 5.76. The van der Waals surface area contributed by atoms with Gasteiger partial charge in [-0.2, -0.15) is 0 Å². The number of carbonyl (C=O) groups is 4. The lowest BCUT2D eigenvalue weighted by molar-refractivity contribution is -0.152. The largest absolute Gasteiger partial charge is 0.508 e. The van der Waals surface area contributed by atoms with Crippen LogP contribution in [-0.4, -0.2) is 49.4 Å². The van der Waals surface area contributed by atoms with E-state index in [2.05, 4.69) is 0 Å². The molecule has 0 bridgehead atoms. The average molecular weight is 453 g/mol. The van der Waals surface area contributed by atoms with Crippen LogP contribution in [0.2, 0.25) is 0 Å². The van der Waals surface area contributed by atoms with Gasteiger partial charge in [0, 0.05) is 13.8 Å². The molecule has 10 heteroatoms. The number of benzene rings is 1. The summed E-state index contributed by atoms with van der Waals surface area (Å²) in [5.41, 5.74) is 6.47. The second kappa shape index (κ2) is 13.3. The molecule has 0 aromatic heterocycles. The topological polar surface area (TPSA) is 140 Å². The second-order valence-corrected chi connectivity index (χ2v) is 7.62. The minimum absolute atomic E-state index is 0.0310. The Bertz CT molecular complexity index is 807. The molecular weight excluding hydrogens is 422 g/mol. The highest BCUT2D eigenvalue weighted by Crippen LogP contribution is 2.29. The lowest BCUT2D eigenvalue weighted by atomic mass is 10.1. The molecule has 10 nitrogen and oxygen atoms in total. The zero-order valence-electron chi connectivity index (χ0n) is 19.0. The summed E-state index contributed by atoms with van der Waals surface area (Å²) in [7, 11) is 0. The van der Waals surface area contributed by atoms with Crippen LogP contribution in [0.4, 0.5) is 4.79 Å². The summed E-state index contributed by atoms with van der Waals surface area (Å²) in [6.45, 7) is 8.06. The van der Waals surface area contributed by atoms with Crippen LogP contribution in [0.3, 0.4) is 0 Å². The number of ether oxygens (including phenoxy) is 5. The quantitative estimate of drug-likeness (QED) is 0.392. The molecule has 0 fully saturated rings. The van der Waals surface area contributed by atoms with E-state index in [1.54, 1.807) is 13.0 Å². The van der Waals surface area contributed by atoms with Gasteiger partial charge in [-0.15, -0.1) is 0 Å². The summed E-state index contributed by atoms with van der Waals surface area (Å²) in [5, 5.41) is 0. The highest BCUT2D eigenvalue weighted by Gasteiger charge is 2.21. The minimum atomic E-state index is -1.03. The number of esters is 3. The first-order chi connectivity index (χ1) is 15.0. The van der Waals surface area contributed by atoms with E-state index < -0.39 is 36.2 Å². The van der Waals surface area contributed by atoms with E-state index in [1.165, 1.54) is 26.0 Å². The minimum Gasteiger partial charge on any atom is -0.458 e. The Kier molecular flexibility index (Phi) is 11.2. The lowest BCUT2D eigenvalue weighted by Gasteiger charge is -2.17. The molecule has 1 aromatic rings. The third-order valence-corrected chi connectivity index (χ3v) is 3.94. The van der Waals surface area contributed by atoms with Gasteiger partial charge < -0.3 is 29.4 Å². The SMILES string of the molecule is CC(=O)Oc1ccc(C[C@H](N)C(=O)O[C@@H](C)COC(=O)OCCC(C)C)cc1OC(C)=O. The molecule has 2 atom stereocenters. The van der Waals surface area contributed by atoms with Gasteiger partial charge in [0.25, 0.3) is 0 Å². The van der Waals surface area contributed by atoms with Gasteiger partial charge in [-0.05, 0) is 43.4 Å². The molecule has 0 saturated heterocycles. The van der Waals surface area contributed by atoms with Crippen molar-refractivity contribution in [2.75, 3.05) is 13.2 Å². The first-order valence-corrected chi connectivity index (χ1v) is 10.2. The first-order valence-electron chi connectivity index (χ1n) is 10.2. The van der Waals surface area contributed by atoms with E-state index in [-0.39, 0.29) is 31.1 Å². The van der Waals surface area contributed by atoms with Crippen LogP contribution in [0.1, 0.15) is 46.6 Å². The zero-order chi connectivity index (χ0) is 24.3. The Hall–Kier alpha value is -3.14. The Morgan fingerprint density at radius 2 is 1.56 bits per heavy atom. The summed E-state index contributed by atoms with van der Waals surface area (Å²) in [5.74, 6) is -1.39. The molecule has 0 radical (unpaired) electrons. The van der Waals surface area contributed by atoms with Crippen LogP contribution in [0.15, 0.2) is 18.2 Å². The summed E-state index contributed by atoms with van der Waals surface area (Å²) < 4.78 is 25.1. The van der Waals surface area contributed by atoms with Crippen molar-refractivity contribution in [1.82, 2.24) is 0 Å². The van der Waals surface area contributed by atoms with Gasteiger partial charge in [-0.25, -0.2) is 4.79 Å². The van der Waals surface area contributed by atoms with E-state index >= 15 is 0 Å². The van der Waals surface area contributed by atoms with Crippen molar-refractivity contribution in [1.29, 1.82) is 0 Å². The third kappa shape index (κ3) is 10.8. The van der Waals surface area contributed by atoms with Crippen molar-refractivity contribution < 1.29 is 42.9 Å². The van der Waals surface area contributed by atoms with Gasteiger partial charge in [-0.3, -0.25) is 14.4 Å². The lowest BCUT2D eigenvalue weighted by Crippen LogP contribution is -2.37. The van der Waals surface area contributed by atoms with Crippen molar-refractivity contribution in [3.05, 3.63) is 23.8 Å². The van der Waals surface area contributed by atoms with Crippen molar-refractivity contribution >= 4 is 24.1 Å². The molecule has 1 rings (SSSR count). The molecule has 1 aromatic carbocycles. The van der Waals surface area contributed by atoms with Gasteiger partial charge in [0.1, 0.15) is 18.8 Å². The fourth-order valence-corrected chi connectivity index (χ4v) is 2.42. The molecule has 0 aliphatic heterocycles. The van der Waals surface area contributed by atoms with Crippen LogP contribution >= 0.6 is 0 Å². The molecule has 178 valence electrons. The molecule has 0 heterocycles. The number of hydrogen-bond donors (Lipinski definition) is 1. The molecule has 0 spiro atoms. The van der Waals surface area contributed by atoms with Gasteiger partial charge in [-0.1, -0.05) is 19.9 Å². The monoisotopic (exact) mass is 453 g/mol. The predicted octanol–water partition coefficient (Wildman–Crippen LogP) is 2.54. The average Bonchev–Trinajstić information content (AvgIpc) is 2.67. The summed E-state index contributed by atoms with van der Waals surface area (Å²) in [4.78, 5) is 46.3. The van der Waals surface area contributed by atoms with Crippen molar-refractivity contribution in [2.24, 2.45) is 11.7 Å². The zero-order valence-corrected chi connectivity index (χ0v) is 19.0. The number of nitrogens with two attached hydrogens (primary N) is 1. The molecular formula is C22H31NO9. The normalized spacial score (nSPS) is 12.5. The van der Waals surface area contributed by atoms with Crippen molar-refractivity contribution in [3.8, 4) is 11.5 Å². The van der Waals surface area contributed by atoms with Crippen LogP contribution < -0.4 is 15.2 Å². The van der Waals surface area contributed by atoms with E-state index in [9.17, 15) is 19.2 Å². The van der Waals surface area contributed by atoms with Crippen LogP contribution in [0.25, 0.3) is 0 Å². The highest BCUT2D eigenvalue weighted by atomic mass is 16.7. The Morgan fingerprint density at radius 3 is 2.16 bits per heavy atom. The van der Waals surface area contributed by atoms with Crippen molar-refractivity contribution in [3.63, 3.8) is 0 Å². The first kappa shape index (κ1) is 26.9. The van der Waals surface area contributed by atoms with Gasteiger partial charge in [0.05, 0.1) is 6.61 Å². The van der Waals surface area contributed by atoms with Gasteiger partial charge >= 0.3 is 24.1 Å².